The van der Waals surface area contributed by atoms with Gasteiger partial charge in [-0.3, -0.25) is 4.99 Å². The number of nitrogens with one attached hydrogen (secondary N) is 2. The molecule has 0 atom stereocenters. The first-order chi connectivity index (χ1) is 14.6. The van der Waals surface area contributed by atoms with E-state index in [1.54, 1.807) is 0 Å². The fourth-order valence-corrected chi connectivity index (χ4v) is 4.34. The van der Waals surface area contributed by atoms with Gasteiger partial charge in [0, 0.05) is 38.8 Å². The van der Waals surface area contributed by atoms with Crippen LogP contribution in [0.25, 0.3) is 0 Å². The van der Waals surface area contributed by atoms with Gasteiger partial charge in [-0.25, -0.2) is 0 Å². The second-order valence-corrected chi connectivity index (χ2v) is 8.84. The van der Waals surface area contributed by atoms with Crippen molar-refractivity contribution < 1.29 is 4.74 Å². The highest BCUT2D eigenvalue weighted by molar-refractivity contribution is 5.79. The van der Waals surface area contributed by atoms with Gasteiger partial charge in [-0.2, -0.15) is 0 Å². The van der Waals surface area contributed by atoms with E-state index in [-0.39, 0.29) is 0 Å². The van der Waals surface area contributed by atoms with Crippen LogP contribution in [0.1, 0.15) is 49.7 Å². The first-order valence-electron chi connectivity index (χ1n) is 11.8. The SMILES string of the molecule is CN=C(NCCCN1CCCN(C)CC1)NCc1ccc(C)cc1OC1CCCC1. The van der Waals surface area contributed by atoms with Crippen LogP contribution in [0.3, 0.4) is 0 Å². The Balaban J connectivity index is 1.41. The van der Waals surface area contributed by atoms with Gasteiger partial charge < -0.3 is 25.2 Å². The van der Waals surface area contributed by atoms with Crippen molar-refractivity contribution in [1.82, 2.24) is 20.4 Å². The summed E-state index contributed by atoms with van der Waals surface area (Å²) in [6.45, 7) is 9.73. The van der Waals surface area contributed by atoms with E-state index >= 15 is 0 Å². The van der Waals surface area contributed by atoms with Crippen LogP contribution < -0.4 is 15.4 Å². The fourth-order valence-electron chi connectivity index (χ4n) is 4.34. The van der Waals surface area contributed by atoms with Gasteiger partial charge in [0.15, 0.2) is 5.96 Å². The molecule has 1 aromatic rings. The molecule has 2 aliphatic rings. The van der Waals surface area contributed by atoms with E-state index in [4.69, 9.17) is 4.74 Å². The van der Waals surface area contributed by atoms with Gasteiger partial charge >= 0.3 is 0 Å². The minimum Gasteiger partial charge on any atom is -0.490 e. The highest BCUT2D eigenvalue weighted by Gasteiger charge is 2.18. The van der Waals surface area contributed by atoms with E-state index in [0.29, 0.717) is 6.10 Å². The van der Waals surface area contributed by atoms with E-state index in [9.17, 15) is 0 Å². The molecular formula is C24H41N5O. The number of nitrogens with zero attached hydrogens (tertiary/aromatic N) is 3. The molecule has 1 saturated carbocycles. The number of aliphatic imine (C=N–C) groups is 1. The topological polar surface area (TPSA) is 52.1 Å². The zero-order chi connectivity index (χ0) is 21.2. The minimum atomic E-state index is 0.377. The monoisotopic (exact) mass is 415 g/mol. The van der Waals surface area contributed by atoms with Crippen molar-refractivity contribution in [2.45, 2.75) is 58.1 Å². The Kier molecular flexibility index (Phi) is 9.27. The first kappa shape index (κ1) is 22.9. The largest absolute Gasteiger partial charge is 0.490 e. The number of likely N-dealkylation sites (N-methyl/N-ethyl adjacent to an activating group) is 1. The maximum atomic E-state index is 6.33. The van der Waals surface area contributed by atoms with Crippen molar-refractivity contribution in [2.75, 3.05) is 53.4 Å². The van der Waals surface area contributed by atoms with Crippen LogP contribution >= 0.6 is 0 Å². The average Bonchev–Trinajstić information content (AvgIpc) is 3.16. The summed E-state index contributed by atoms with van der Waals surface area (Å²) < 4.78 is 6.33. The molecule has 168 valence electrons. The Morgan fingerprint density at radius 3 is 2.73 bits per heavy atom. The zero-order valence-corrected chi connectivity index (χ0v) is 19.3. The van der Waals surface area contributed by atoms with E-state index in [1.165, 1.54) is 69.4 Å². The van der Waals surface area contributed by atoms with Gasteiger partial charge in [-0.05, 0) is 83.8 Å². The lowest BCUT2D eigenvalue weighted by atomic mass is 10.1. The summed E-state index contributed by atoms with van der Waals surface area (Å²) in [5, 5.41) is 6.93. The minimum absolute atomic E-state index is 0.377. The molecule has 0 aromatic heterocycles. The Labute approximate surface area is 183 Å². The number of guanidine groups is 1. The molecule has 0 amide bonds. The highest BCUT2D eigenvalue weighted by atomic mass is 16.5. The Bertz CT molecular complexity index is 672. The van der Waals surface area contributed by atoms with Crippen LogP contribution in [0, 0.1) is 6.92 Å². The number of benzene rings is 1. The Morgan fingerprint density at radius 1 is 1.10 bits per heavy atom. The molecule has 1 aromatic carbocycles. The molecule has 1 heterocycles. The molecule has 0 bridgehead atoms. The standard InChI is InChI=1S/C24H41N5O/c1-20-10-11-21(23(18-20)30-22-8-4-5-9-22)19-27-24(25-2)26-12-6-14-29-15-7-13-28(3)16-17-29/h10-11,18,22H,4-9,12-17,19H2,1-3H3,(H2,25,26,27). The summed E-state index contributed by atoms with van der Waals surface area (Å²) in [6.07, 6.45) is 7.71. The van der Waals surface area contributed by atoms with Crippen molar-refractivity contribution in [2.24, 2.45) is 4.99 Å². The molecule has 2 fully saturated rings. The predicted octanol–water partition coefficient (Wildman–Crippen LogP) is 3.01. The number of rotatable bonds is 8. The lowest BCUT2D eigenvalue weighted by Gasteiger charge is -2.21. The summed E-state index contributed by atoms with van der Waals surface area (Å²) in [5.74, 6) is 1.88. The molecule has 1 aliphatic carbocycles. The molecule has 6 nitrogen and oxygen atoms in total. The van der Waals surface area contributed by atoms with Crippen LogP contribution in [-0.4, -0.2) is 75.2 Å². The zero-order valence-electron chi connectivity index (χ0n) is 19.3. The Hall–Kier alpha value is -1.79. The normalized spacial score (nSPS) is 19.6. The van der Waals surface area contributed by atoms with Crippen LogP contribution in [0.15, 0.2) is 23.2 Å². The lowest BCUT2D eigenvalue weighted by Crippen LogP contribution is -2.38. The van der Waals surface area contributed by atoms with Crippen LogP contribution in [0.2, 0.25) is 0 Å². The van der Waals surface area contributed by atoms with Crippen molar-refractivity contribution in [3.05, 3.63) is 29.3 Å². The number of hydrogen-bond donors (Lipinski definition) is 2. The lowest BCUT2D eigenvalue weighted by molar-refractivity contribution is 0.207. The van der Waals surface area contributed by atoms with Gasteiger partial charge in [0.25, 0.3) is 0 Å². The van der Waals surface area contributed by atoms with E-state index in [2.05, 4.69) is 57.6 Å². The maximum absolute atomic E-state index is 6.33. The summed E-state index contributed by atoms with van der Waals surface area (Å²) in [5.41, 5.74) is 2.44. The summed E-state index contributed by atoms with van der Waals surface area (Å²) in [7, 11) is 4.06. The van der Waals surface area contributed by atoms with Gasteiger partial charge in [-0.1, -0.05) is 12.1 Å². The van der Waals surface area contributed by atoms with Crippen LogP contribution in [0.5, 0.6) is 5.75 Å². The third kappa shape index (κ3) is 7.47. The van der Waals surface area contributed by atoms with Crippen molar-refractivity contribution in [1.29, 1.82) is 0 Å². The molecule has 3 rings (SSSR count). The summed E-state index contributed by atoms with van der Waals surface area (Å²) in [6, 6.07) is 6.51. The first-order valence-corrected chi connectivity index (χ1v) is 11.8. The molecule has 1 aliphatic heterocycles. The summed E-state index contributed by atoms with van der Waals surface area (Å²) in [4.78, 5) is 9.41. The maximum Gasteiger partial charge on any atom is 0.191 e. The van der Waals surface area contributed by atoms with Crippen molar-refractivity contribution in [3.63, 3.8) is 0 Å². The highest BCUT2D eigenvalue weighted by Crippen LogP contribution is 2.27. The van der Waals surface area contributed by atoms with E-state index in [1.807, 2.05) is 7.05 Å². The van der Waals surface area contributed by atoms with Gasteiger partial charge in [0.1, 0.15) is 5.75 Å². The molecule has 2 N–H and O–H groups in total. The number of hydrogen-bond acceptors (Lipinski definition) is 4. The third-order valence-electron chi connectivity index (χ3n) is 6.24. The van der Waals surface area contributed by atoms with Crippen molar-refractivity contribution >= 4 is 5.96 Å². The molecule has 0 radical (unpaired) electrons. The van der Waals surface area contributed by atoms with Crippen LogP contribution in [0.4, 0.5) is 0 Å². The predicted molar refractivity (Wildman–Crippen MR) is 125 cm³/mol. The van der Waals surface area contributed by atoms with E-state index in [0.717, 1.165) is 37.8 Å². The van der Waals surface area contributed by atoms with Crippen molar-refractivity contribution in [3.8, 4) is 5.75 Å². The average molecular weight is 416 g/mol. The number of ether oxygens (including phenoxy) is 1. The molecule has 1 saturated heterocycles. The quantitative estimate of drug-likeness (QED) is 0.388. The molecular weight excluding hydrogens is 374 g/mol. The molecule has 6 heteroatoms. The van der Waals surface area contributed by atoms with Gasteiger partial charge in [0.05, 0.1) is 6.10 Å². The molecule has 0 spiro atoms. The summed E-state index contributed by atoms with van der Waals surface area (Å²) >= 11 is 0. The Morgan fingerprint density at radius 2 is 1.93 bits per heavy atom. The van der Waals surface area contributed by atoms with Gasteiger partial charge in [-0.15, -0.1) is 0 Å². The smallest absolute Gasteiger partial charge is 0.191 e. The second kappa shape index (κ2) is 12.2. The number of aryl methyl sites for hydroxylation is 1. The molecule has 0 unspecified atom stereocenters. The third-order valence-corrected chi connectivity index (χ3v) is 6.24. The van der Waals surface area contributed by atoms with E-state index < -0.39 is 0 Å². The fraction of sp³-hybridized carbons (Fsp3) is 0.708. The second-order valence-electron chi connectivity index (χ2n) is 8.84. The van der Waals surface area contributed by atoms with Crippen LogP contribution in [-0.2, 0) is 6.54 Å². The van der Waals surface area contributed by atoms with Gasteiger partial charge in [0.2, 0.25) is 0 Å². The molecule has 30 heavy (non-hydrogen) atoms.